The van der Waals surface area contributed by atoms with Crippen molar-refractivity contribution in [2.75, 3.05) is 38.8 Å². The Labute approximate surface area is 169 Å². The van der Waals surface area contributed by atoms with Crippen LogP contribution in [0, 0.1) is 11.8 Å². The lowest BCUT2D eigenvalue weighted by molar-refractivity contribution is 0.181. The van der Waals surface area contributed by atoms with Gasteiger partial charge in [-0.3, -0.25) is 4.90 Å². The molecule has 1 saturated heterocycles. The summed E-state index contributed by atoms with van der Waals surface area (Å²) in [4.78, 5) is 13.1. The molecule has 8 nitrogen and oxygen atoms in total. The molecule has 0 bridgehead atoms. The van der Waals surface area contributed by atoms with E-state index in [4.69, 9.17) is 14.2 Å². The number of hydrogen-bond donors (Lipinski definition) is 1. The first-order valence-electron chi connectivity index (χ1n) is 8.69. The van der Waals surface area contributed by atoms with Gasteiger partial charge in [-0.1, -0.05) is 11.8 Å². The average molecular weight is 416 g/mol. The number of cyclic esters (lactones) is 1. The third-order valence-electron chi connectivity index (χ3n) is 4.18. The molecule has 1 aliphatic rings. The number of carbonyl (C=O) groups excluding carboxylic acids is 1. The largest absolute Gasteiger partial charge is 0.497 e. The van der Waals surface area contributed by atoms with Crippen molar-refractivity contribution in [3.05, 3.63) is 48.0 Å². The number of nitrogens with zero attached hydrogens (tertiary/aromatic N) is 1. The van der Waals surface area contributed by atoms with Crippen LogP contribution in [0.3, 0.4) is 0 Å². The number of anilines is 1. The van der Waals surface area contributed by atoms with Gasteiger partial charge in [-0.05, 0) is 36.4 Å². The summed E-state index contributed by atoms with van der Waals surface area (Å²) >= 11 is 0. The topological polar surface area (TPSA) is 94.2 Å². The van der Waals surface area contributed by atoms with Crippen molar-refractivity contribution in [3.8, 4) is 23.3 Å². The minimum Gasteiger partial charge on any atom is -0.497 e. The zero-order chi connectivity index (χ0) is 20.9. The van der Waals surface area contributed by atoms with Crippen molar-refractivity contribution in [1.29, 1.82) is 0 Å². The maximum atomic E-state index is 12.6. The highest BCUT2D eigenvalue weighted by Gasteiger charge is 2.23. The standard InChI is InChI=1S/C20H20N2O6S/c1-26-17-9-10-18(27-2)19(14-17)29(24,25)21-11-3-4-15-5-7-16(8-6-15)22-12-13-28-20(22)23/h5-10,14,21H,11-13H2,1-2H3. The van der Waals surface area contributed by atoms with E-state index in [1.165, 1.54) is 31.3 Å². The van der Waals surface area contributed by atoms with Gasteiger partial charge in [0.1, 0.15) is 23.0 Å². The summed E-state index contributed by atoms with van der Waals surface area (Å²) in [6, 6.07) is 11.6. The SMILES string of the molecule is COc1ccc(OC)c(S(=O)(=O)NCC#Cc2ccc(N3CCOC3=O)cc2)c1. The number of sulfonamides is 1. The first-order valence-corrected chi connectivity index (χ1v) is 10.2. The Hall–Kier alpha value is -3.22. The van der Waals surface area contributed by atoms with Crippen LogP contribution in [0.2, 0.25) is 0 Å². The smallest absolute Gasteiger partial charge is 0.414 e. The van der Waals surface area contributed by atoms with E-state index in [2.05, 4.69) is 16.6 Å². The molecule has 1 heterocycles. The van der Waals surface area contributed by atoms with Crippen LogP contribution in [0.1, 0.15) is 5.56 Å². The third kappa shape index (κ3) is 4.80. The summed E-state index contributed by atoms with van der Waals surface area (Å²) in [5, 5.41) is 0. The summed E-state index contributed by atoms with van der Waals surface area (Å²) in [6.07, 6.45) is -0.369. The summed E-state index contributed by atoms with van der Waals surface area (Å²) in [5.41, 5.74) is 1.42. The first-order chi connectivity index (χ1) is 13.9. The van der Waals surface area contributed by atoms with Crippen molar-refractivity contribution in [2.24, 2.45) is 0 Å². The van der Waals surface area contributed by atoms with Crippen LogP contribution in [0.5, 0.6) is 11.5 Å². The number of methoxy groups -OCH3 is 2. The highest BCUT2D eigenvalue weighted by atomic mass is 32.2. The fraction of sp³-hybridized carbons (Fsp3) is 0.250. The van der Waals surface area contributed by atoms with Crippen LogP contribution in [0.25, 0.3) is 0 Å². The summed E-state index contributed by atoms with van der Waals surface area (Å²) < 4.78 is 42.6. The molecule has 9 heteroatoms. The lowest BCUT2D eigenvalue weighted by Gasteiger charge is -2.12. The molecule has 0 spiro atoms. The van der Waals surface area contributed by atoms with Crippen LogP contribution in [-0.2, 0) is 14.8 Å². The van der Waals surface area contributed by atoms with E-state index < -0.39 is 10.0 Å². The molecule has 29 heavy (non-hydrogen) atoms. The third-order valence-corrected chi connectivity index (χ3v) is 5.61. The number of benzene rings is 2. The van der Waals surface area contributed by atoms with Crippen molar-refractivity contribution >= 4 is 21.8 Å². The fourth-order valence-corrected chi connectivity index (χ4v) is 3.81. The average Bonchev–Trinajstić information content (AvgIpc) is 3.17. The van der Waals surface area contributed by atoms with Crippen LogP contribution in [-0.4, -0.2) is 48.4 Å². The Morgan fingerprint density at radius 2 is 1.90 bits per heavy atom. The van der Waals surface area contributed by atoms with Gasteiger partial charge < -0.3 is 14.2 Å². The summed E-state index contributed by atoms with van der Waals surface area (Å²) in [6.45, 7) is 0.806. The molecule has 0 saturated carbocycles. The number of nitrogens with one attached hydrogen (secondary N) is 1. The van der Waals surface area contributed by atoms with Gasteiger partial charge in [0.05, 0.1) is 27.3 Å². The molecule has 1 aliphatic heterocycles. The number of rotatable bonds is 6. The van der Waals surface area contributed by atoms with Crippen LogP contribution < -0.4 is 19.1 Å². The minimum absolute atomic E-state index is 0.0250. The molecule has 0 unspecified atom stereocenters. The molecule has 2 aromatic rings. The second kappa shape index (κ2) is 8.86. The van der Waals surface area contributed by atoms with Crippen molar-refractivity contribution in [2.45, 2.75) is 4.90 Å². The van der Waals surface area contributed by atoms with Crippen molar-refractivity contribution < 1.29 is 27.4 Å². The lowest BCUT2D eigenvalue weighted by atomic mass is 10.2. The summed E-state index contributed by atoms with van der Waals surface area (Å²) in [5.74, 6) is 6.27. The van der Waals surface area contributed by atoms with E-state index in [1.54, 1.807) is 30.3 Å². The predicted octanol–water partition coefficient (Wildman–Crippen LogP) is 1.99. The molecule has 3 rings (SSSR count). The van der Waals surface area contributed by atoms with E-state index in [0.29, 0.717) is 24.5 Å². The van der Waals surface area contributed by atoms with Gasteiger partial charge in [0.25, 0.3) is 0 Å². The molecule has 1 amide bonds. The van der Waals surface area contributed by atoms with Crippen LogP contribution >= 0.6 is 0 Å². The van der Waals surface area contributed by atoms with E-state index >= 15 is 0 Å². The Morgan fingerprint density at radius 1 is 1.14 bits per heavy atom. The van der Waals surface area contributed by atoms with Crippen molar-refractivity contribution in [1.82, 2.24) is 4.72 Å². The van der Waals surface area contributed by atoms with Gasteiger partial charge in [0, 0.05) is 17.3 Å². The maximum absolute atomic E-state index is 12.6. The predicted molar refractivity (Wildman–Crippen MR) is 107 cm³/mol. The Bertz CT molecular complexity index is 1050. The van der Waals surface area contributed by atoms with Gasteiger partial charge in [-0.2, -0.15) is 4.72 Å². The Balaban J connectivity index is 1.66. The molecule has 0 aliphatic carbocycles. The van der Waals surface area contributed by atoms with Gasteiger partial charge in [-0.25, -0.2) is 13.2 Å². The monoisotopic (exact) mass is 416 g/mol. The van der Waals surface area contributed by atoms with Gasteiger partial charge in [-0.15, -0.1) is 0 Å². The molecule has 0 radical (unpaired) electrons. The number of hydrogen-bond acceptors (Lipinski definition) is 6. The molecule has 0 atom stereocenters. The van der Waals surface area contributed by atoms with Crippen LogP contribution in [0.15, 0.2) is 47.4 Å². The summed E-state index contributed by atoms with van der Waals surface area (Å²) in [7, 11) is -0.981. The second-order valence-corrected chi connectivity index (χ2v) is 7.69. The molecule has 2 aromatic carbocycles. The van der Waals surface area contributed by atoms with E-state index in [-0.39, 0.29) is 23.3 Å². The number of amides is 1. The molecular formula is C20H20N2O6S. The van der Waals surface area contributed by atoms with E-state index in [0.717, 1.165) is 5.69 Å². The number of ether oxygens (including phenoxy) is 3. The van der Waals surface area contributed by atoms with Crippen LogP contribution in [0.4, 0.5) is 10.5 Å². The molecule has 1 N–H and O–H groups in total. The van der Waals surface area contributed by atoms with Gasteiger partial charge >= 0.3 is 6.09 Å². The zero-order valence-corrected chi connectivity index (χ0v) is 16.8. The second-order valence-electron chi connectivity index (χ2n) is 5.96. The lowest BCUT2D eigenvalue weighted by Crippen LogP contribution is -2.24. The zero-order valence-electron chi connectivity index (χ0n) is 16.0. The molecule has 0 aromatic heterocycles. The normalized spacial score (nSPS) is 13.4. The highest BCUT2D eigenvalue weighted by molar-refractivity contribution is 7.89. The first kappa shape index (κ1) is 20.5. The highest BCUT2D eigenvalue weighted by Crippen LogP contribution is 2.27. The molecule has 1 fully saturated rings. The number of carbonyl (C=O) groups is 1. The van der Waals surface area contributed by atoms with Gasteiger partial charge in [0.2, 0.25) is 10.0 Å². The molecule has 152 valence electrons. The molecular weight excluding hydrogens is 396 g/mol. The van der Waals surface area contributed by atoms with E-state index in [1.807, 2.05) is 0 Å². The minimum atomic E-state index is -3.83. The van der Waals surface area contributed by atoms with Crippen molar-refractivity contribution in [3.63, 3.8) is 0 Å². The Morgan fingerprint density at radius 3 is 2.52 bits per heavy atom. The quantitative estimate of drug-likeness (QED) is 0.724. The maximum Gasteiger partial charge on any atom is 0.414 e. The van der Waals surface area contributed by atoms with Gasteiger partial charge in [0.15, 0.2) is 0 Å². The van der Waals surface area contributed by atoms with E-state index in [9.17, 15) is 13.2 Å². The Kier molecular flexibility index (Phi) is 6.26. The fourth-order valence-electron chi connectivity index (χ4n) is 2.70.